The van der Waals surface area contributed by atoms with Crippen molar-refractivity contribution < 1.29 is 19.1 Å². The van der Waals surface area contributed by atoms with Crippen molar-refractivity contribution in [1.29, 1.82) is 0 Å². The van der Waals surface area contributed by atoms with Gasteiger partial charge < -0.3 is 14.8 Å². The smallest absolute Gasteiger partial charge is 0.411 e. The van der Waals surface area contributed by atoms with Crippen LogP contribution in [0.15, 0.2) is 119 Å². The third-order valence-electron chi connectivity index (χ3n) is 12.6. The molecule has 0 aromatic carbocycles. The molecule has 0 radical (unpaired) electrons. The minimum Gasteiger partial charge on any atom is -0.444 e. The highest BCUT2D eigenvalue weighted by Gasteiger charge is 2.52. The first kappa shape index (κ1) is 45.2. The van der Waals surface area contributed by atoms with Crippen LogP contribution in [0.2, 0.25) is 0 Å². The third-order valence-corrected chi connectivity index (χ3v) is 13.2. The predicted molar refractivity (Wildman–Crippen MR) is 246 cm³/mol. The van der Waals surface area contributed by atoms with Crippen molar-refractivity contribution in [2.45, 2.75) is 155 Å². The van der Waals surface area contributed by atoms with Gasteiger partial charge in [0.2, 0.25) is 0 Å². The van der Waals surface area contributed by atoms with Crippen LogP contribution in [-0.2, 0) is 9.47 Å². The molecular formula is C49H63IN6O4. The summed E-state index contributed by atoms with van der Waals surface area (Å²) >= 11 is 2.22. The molecule has 2 amide bonds. The highest BCUT2D eigenvalue weighted by Crippen LogP contribution is 2.50. The van der Waals surface area contributed by atoms with Gasteiger partial charge >= 0.3 is 12.2 Å². The van der Waals surface area contributed by atoms with E-state index in [0.29, 0.717) is 23.9 Å². The summed E-state index contributed by atoms with van der Waals surface area (Å²) in [6, 6.07) is 13.9. The number of aromatic nitrogens is 3. The number of fused-ring (bicyclic) bond motifs is 6. The molecule has 6 aliphatic heterocycles. The van der Waals surface area contributed by atoms with Gasteiger partial charge in [-0.05, 0) is 176 Å². The molecule has 1 N–H and O–H groups in total. The Morgan fingerprint density at radius 3 is 1.55 bits per heavy atom. The van der Waals surface area contributed by atoms with Crippen LogP contribution in [0, 0.1) is 3.57 Å². The summed E-state index contributed by atoms with van der Waals surface area (Å²) in [6.45, 7) is 24.4. The van der Waals surface area contributed by atoms with E-state index in [2.05, 4.69) is 109 Å². The Kier molecular flexibility index (Phi) is 13.8. The maximum Gasteiger partial charge on any atom is 0.411 e. The first-order valence-electron chi connectivity index (χ1n) is 21.1. The van der Waals surface area contributed by atoms with Crippen molar-refractivity contribution in [3.05, 3.63) is 134 Å². The Morgan fingerprint density at radius 1 is 0.633 bits per heavy atom. The van der Waals surface area contributed by atoms with E-state index in [0.717, 1.165) is 6.42 Å². The minimum atomic E-state index is -0.468. The number of nitrogens with zero attached hydrogens (tertiary/aromatic N) is 5. The second-order valence-electron chi connectivity index (χ2n) is 18.7. The van der Waals surface area contributed by atoms with Crippen LogP contribution >= 0.6 is 22.6 Å². The van der Waals surface area contributed by atoms with E-state index < -0.39 is 11.2 Å². The normalized spacial score (nSPS) is 27.0. The van der Waals surface area contributed by atoms with Crippen molar-refractivity contribution in [3.8, 4) is 0 Å². The lowest BCUT2D eigenvalue weighted by Crippen LogP contribution is -2.41. The maximum absolute atomic E-state index is 12.7. The molecule has 320 valence electrons. The molecule has 2 saturated heterocycles. The molecule has 9 heterocycles. The highest BCUT2D eigenvalue weighted by atomic mass is 127. The van der Waals surface area contributed by atoms with Crippen LogP contribution in [0.5, 0.6) is 0 Å². The van der Waals surface area contributed by atoms with Crippen molar-refractivity contribution in [2.75, 3.05) is 0 Å². The SMILES string of the molecule is CC1=C(C)C2C(c3cccnc3)CC1N2C(=O)OC(C)(C)C.CC1=C(C)C2C=CC1N2C(=O)OC(C)(C)C.CC1=C(C)C2NC1CC2c1cccnc1.Ic1cccnc1. The topological polar surface area (TPSA) is 110 Å². The quantitative estimate of drug-likeness (QED) is 0.200. The predicted octanol–water partition coefficient (Wildman–Crippen LogP) is 10.7. The van der Waals surface area contributed by atoms with Gasteiger partial charge in [-0.3, -0.25) is 24.8 Å². The monoisotopic (exact) mass is 926 g/mol. The van der Waals surface area contributed by atoms with Gasteiger partial charge in [-0.25, -0.2) is 9.59 Å². The van der Waals surface area contributed by atoms with Gasteiger partial charge in [-0.2, -0.15) is 0 Å². The van der Waals surface area contributed by atoms with Gasteiger partial charge in [0.15, 0.2) is 0 Å². The molecule has 8 unspecified atom stereocenters. The zero-order valence-electron chi connectivity index (χ0n) is 37.4. The third kappa shape index (κ3) is 9.88. The molecule has 2 fully saturated rings. The second kappa shape index (κ2) is 18.3. The molecule has 60 heavy (non-hydrogen) atoms. The van der Waals surface area contributed by atoms with E-state index >= 15 is 0 Å². The van der Waals surface area contributed by atoms with E-state index in [1.807, 2.05) is 100 Å². The first-order chi connectivity index (χ1) is 28.3. The van der Waals surface area contributed by atoms with Crippen molar-refractivity contribution >= 4 is 34.8 Å². The van der Waals surface area contributed by atoms with E-state index in [1.54, 1.807) is 23.5 Å². The zero-order chi connectivity index (χ0) is 43.7. The average Bonchev–Trinajstić information content (AvgIpc) is 4.04. The Labute approximate surface area is 371 Å². The summed E-state index contributed by atoms with van der Waals surface area (Å²) in [5.74, 6) is 0.947. The van der Waals surface area contributed by atoms with Crippen LogP contribution in [0.4, 0.5) is 9.59 Å². The lowest BCUT2D eigenvalue weighted by Gasteiger charge is -2.29. The van der Waals surface area contributed by atoms with Crippen LogP contribution in [-0.4, -0.2) is 84.4 Å². The summed E-state index contributed by atoms with van der Waals surface area (Å²) in [5.41, 5.74) is 9.95. The minimum absolute atomic E-state index is 0.101. The number of halogens is 1. The molecule has 3 aromatic heterocycles. The van der Waals surface area contributed by atoms with E-state index in [4.69, 9.17) is 9.47 Å². The number of rotatable bonds is 2. The summed E-state index contributed by atoms with van der Waals surface area (Å²) in [5, 5.41) is 3.67. The van der Waals surface area contributed by atoms with Gasteiger partial charge in [0.05, 0.1) is 24.2 Å². The van der Waals surface area contributed by atoms with Gasteiger partial charge in [0.1, 0.15) is 11.2 Å². The highest BCUT2D eigenvalue weighted by molar-refractivity contribution is 14.1. The molecule has 0 spiro atoms. The Hall–Kier alpha value is -4.36. The fourth-order valence-electron chi connectivity index (χ4n) is 9.32. The first-order valence-corrected chi connectivity index (χ1v) is 22.2. The van der Waals surface area contributed by atoms with Gasteiger partial charge in [-0.15, -0.1) is 0 Å². The molecule has 6 aliphatic rings. The lowest BCUT2D eigenvalue weighted by atomic mass is 9.81. The van der Waals surface area contributed by atoms with E-state index in [1.165, 1.54) is 43.4 Å². The Balaban J connectivity index is 0.000000142. The Morgan fingerprint density at radius 2 is 1.13 bits per heavy atom. The summed E-state index contributed by atoms with van der Waals surface area (Å²) in [6.07, 6.45) is 17.1. The molecule has 11 heteroatoms. The number of ether oxygens (including phenoxy) is 2. The van der Waals surface area contributed by atoms with Gasteiger partial charge in [0.25, 0.3) is 0 Å². The Bertz CT molecular complexity index is 2120. The zero-order valence-corrected chi connectivity index (χ0v) is 39.5. The van der Waals surface area contributed by atoms with Crippen molar-refractivity contribution in [1.82, 2.24) is 30.1 Å². The fraction of sp³-hybridized carbons (Fsp3) is 0.490. The van der Waals surface area contributed by atoms with E-state index in [-0.39, 0.29) is 36.4 Å². The standard InChI is InChI=1S/C18H24N2O2.C13H16N2.C13H19NO2.C5H4IN/c1-11-12(2)16-14(13-7-6-8-19-10-13)9-15(11)20(16)17(21)22-18(3,4)5;1-8-9(2)13-11(6-12(8)15-13)10-4-3-5-14-7-10;1-8-9(2)11-7-6-10(8)14(11)12(15)16-13(3,4)5;6-5-2-1-3-7-4-5/h6-8,10,14-16H,9H2,1-5H3;3-5,7,11-13,15H,6H2,1-2H3;6-7,10-11H,1-5H3;1-4H. The van der Waals surface area contributed by atoms with Crippen molar-refractivity contribution in [3.63, 3.8) is 0 Å². The van der Waals surface area contributed by atoms with Gasteiger partial charge in [0, 0.05) is 64.7 Å². The van der Waals surface area contributed by atoms with Crippen molar-refractivity contribution in [2.24, 2.45) is 0 Å². The molecule has 3 aromatic rings. The maximum atomic E-state index is 12.7. The number of hydrogen-bond acceptors (Lipinski definition) is 8. The number of amides is 2. The number of carbonyl (C=O) groups excluding carboxylic acids is 2. The molecule has 6 bridgehead atoms. The van der Waals surface area contributed by atoms with Crippen LogP contribution in [0.3, 0.4) is 0 Å². The number of pyridine rings is 3. The number of hydrogen-bond donors (Lipinski definition) is 1. The second-order valence-corrected chi connectivity index (χ2v) is 20.0. The summed E-state index contributed by atoms with van der Waals surface area (Å²) < 4.78 is 12.2. The molecule has 10 nitrogen and oxygen atoms in total. The number of carbonyl (C=O) groups is 2. The van der Waals surface area contributed by atoms with Crippen LogP contribution in [0.25, 0.3) is 0 Å². The summed E-state index contributed by atoms with van der Waals surface area (Å²) in [7, 11) is 0. The number of nitrogens with one attached hydrogen (secondary N) is 1. The molecule has 9 rings (SSSR count). The van der Waals surface area contributed by atoms with E-state index in [9.17, 15) is 9.59 Å². The molecular weight excluding hydrogens is 863 g/mol. The molecule has 8 atom stereocenters. The molecule has 0 saturated carbocycles. The lowest BCUT2D eigenvalue weighted by molar-refractivity contribution is 0.0215. The molecule has 0 aliphatic carbocycles. The van der Waals surface area contributed by atoms with Gasteiger partial charge in [-0.1, -0.05) is 35.4 Å². The summed E-state index contributed by atoms with van der Waals surface area (Å²) in [4.78, 5) is 40.8. The average molecular weight is 927 g/mol. The van der Waals surface area contributed by atoms with Crippen LogP contribution < -0.4 is 5.32 Å². The largest absolute Gasteiger partial charge is 0.444 e. The fourth-order valence-corrected chi connectivity index (χ4v) is 9.69. The van der Waals surface area contributed by atoms with Crippen LogP contribution in [0.1, 0.15) is 119 Å².